The van der Waals surface area contributed by atoms with Crippen LogP contribution in [0.25, 0.3) is 0 Å². The molecule has 0 amide bonds. The maximum atomic E-state index is 13.0. The molecule has 0 radical (unpaired) electrons. The van der Waals surface area contributed by atoms with Gasteiger partial charge in [0.05, 0.1) is 23.0 Å². The summed E-state index contributed by atoms with van der Waals surface area (Å²) in [4.78, 5) is 0. The standard InChI is InChI=1S/C13H9F2N3/c14-10-3-2-9(6-11(10)15)18-13-5-8(7-16)1-4-12(13)17/h1-6,18H,17H2. The minimum Gasteiger partial charge on any atom is -0.397 e. The van der Waals surface area contributed by atoms with Gasteiger partial charge >= 0.3 is 0 Å². The summed E-state index contributed by atoms with van der Waals surface area (Å²) in [5.41, 5.74) is 7.39. The molecule has 90 valence electrons. The molecule has 2 rings (SSSR count). The van der Waals surface area contributed by atoms with Gasteiger partial charge in [-0.3, -0.25) is 0 Å². The summed E-state index contributed by atoms with van der Waals surface area (Å²) >= 11 is 0. The topological polar surface area (TPSA) is 61.8 Å². The quantitative estimate of drug-likeness (QED) is 0.799. The average molecular weight is 245 g/mol. The van der Waals surface area contributed by atoms with Crippen LogP contribution in [0.2, 0.25) is 0 Å². The van der Waals surface area contributed by atoms with Crippen molar-refractivity contribution in [3.8, 4) is 6.07 Å². The highest BCUT2D eigenvalue weighted by molar-refractivity contribution is 5.74. The van der Waals surface area contributed by atoms with Crippen LogP contribution in [0.1, 0.15) is 5.56 Å². The first kappa shape index (κ1) is 11.9. The fraction of sp³-hybridized carbons (Fsp3) is 0. The number of nitriles is 1. The largest absolute Gasteiger partial charge is 0.397 e. The molecule has 2 aromatic carbocycles. The molecule has 0 aliphatic carbocycles. The van der Waals surface area contributed by atoms with Crippen LogP contribution in [0.5, 0.6) is 0 Å². The van der Waals surface area contributed by atoms with Gasteiger partial charge in [-0.25, -0.2) is 8.78 Å². The Morgan fingerprint density at radius 1 is 1.06 bits per heavy atom. The Hall–Kier alpha value is -2.61. The molecule has 0 aromatic heterocycles. The van der Waals surface area contributed by atoms with Gasteiger partial charge in [0.1, 0.15) is 0 Å². The number of hydrogen-bond acceptors (Lipinski definition) is 3. The smallest absolute Gasteiger partial charge is 0.160 e. The molecule has 0 aliphatic heterocycles. The van der Waals surface area contributed by atoms with E-state index in [1.54, 1.807) is 12.1 Å². The number of anilines is 3. The molecular formula is C13H9F2N3. The normalized spacial score (nSPS) is 9.83. The second-order valence-electron chi connectivity index (χ2n) is 3.67. The molecule has 0 aliphatic rings. The molecule has 0 saturated carbocycles. The van der Waals surface area contributed by atoms with Crippen LogP contribution in [0.3, 0.4) is 0 Å². The maximum Gasteiger partial charge on any atom is 0.160 e. The molecule has 0 atom stereocenters. The van der Waals surface area contributed by atoms with Crippen LogP contribution in [0.4, 0.5) is 25.8 Å². The number of nitrogens with zero attached hydrogens (tertiary/aromatic N) is 1. The summed E-state index contributed by atoms with van der Waals surface area (Å²) in [5.74, 6) is -1.87. The lowest BCUT2D eigenvalue weighted by Crippen LogP contribution is -1.98. The first-order valence-electron chi connectivity index (χ1n) is 5.12. The molecule has 0 bridgehead atoms. The van der Waals surface area contributed by atoms with Crippen molar-refractivity contribution in [2.75, 3.05) is 11.1 Å². The van der Waals surface area contributed by atoms with E-state index in [-0.39, 0.29) is 0 Å². The van der Waals surface area contributed by atoms with Gasteiger partial charge in [-0.15, -0.1) is 0 Å². The van der Waals surface area contributed by atoms with Crippen LogP contribution >= 0.6 is 0 Å². The Balaban J connectivity index is 2.33. The highest BCUT2D eigenvalue weighted by atomic mass is 19.2. The molecule has 2 aromatic rings. The van der Waals surface area contributed by atoms with E-state index in [2.05, 4.69) is 5.32 Å². The number of nitrogens with one attached hydrogen (secondary N) is 1. The lowest BCUT2D eigenvalue weighted by Gasteiger charge is -2.09. The summed E-state index contributed by atoms with van der Waals surface area (Å²) in [6, 6.07) is 10.1. The third-order valence-electron chi connectivity index (χ3n) is 2.38. The third kappa shape index (κ3) is 2.38. The predicted octanol–water partition coefficient (Wildman–Crippen LogP) is 3.16. The summed E-state index contributed by atoms with van der Waals surface area (Å²) < 4.78 is 25.8. The number of benzene rings is 2. The van der Waals surface area contributed by atoms with Gasteiger partial charge in [0.25, 0.3) is 0 Å². The maximum absolute atomic E-state index is 13.0. The van der Waals surface area contributed by atoms with Crippen LogP contribution in [-0.4, -0.2) is 0 Å². The van der Waals surface area contributed by atoms with E-state index in [1.165, 1.54) is 12.1 Å². The summed E-state index contributed by atoms with van der Waals surface area (Å²) in [7, 11) is 0. The Bertz CT molecular complexity index is 633. The zero-order valence-electron chi connectivity index (χ0n) is 9.24. The molecule has 0 fully saturated rings. The van der Waals surface area contributed by atoms with Crippen LogP contribution in [-0.2, 0) is 0 Å². The van der Waals surface area contributed by atoms with Gasteiger partial charge in [0, 0.05) is 11.8 Å². The van der Waals surface area contributed by atoms with Crippen LogP contribution in [0.15, 0.2) is 36.4 Å². The van der Waals surface area contributed by atoms with E-state index in [0.29, 0.717) is 22.6 Å². The van der Waals surface area contributed by atoms with Crippen molar-refractivity contribution in [3.05, 3.63) is 53.6 Å². The van der Waals surface area contributed by atoms with Crippen LogP contribution in [0, 0.1) is 23.0 Å². The number of nitrogen functional groups attached to an aromatic ring is 1. The number of halogens is 2. The van der Waals surface area contributed by atoms with Crippen molar-refractivity contribution in [1.82, 2.24) is 0 Å². The first-order valence-corrected chi connectivity index (χ1v) is 5.12. The molecule has 0 saturated heterocycles. The fourth-order valence-corrected chi connectivity index (χ4v) is 1.46. The van der Waals surface area contributed by atoms with E-state index < -0.39 is 11.6 Å². The Kier molecular flexibility index (Phi) is 3.11. The van der Waals surface area contributed by atoms with E-state index in [4.69, 9.17) is 11.0 Å². The molecule has 0 spiro atoms. The second kappa shape index (κ2) is 4.72. The monoisotopic (exact) mass is 245 g/mol. The van der Waals surface area contributed by atoms with Crippen molar-refractivity contribution in [2.45, 2.75) is 0 Å². The van der Waals surface area contributed by atoms with Gasteiger partial charge in [0.15, 0.2) is 11.6 Å². The molecular weight excluding hydrogens is 236 g/mol. The Morgan fingerprint density at radius 2 is 1.83 bits per heavy atom. The van der Waals surface area contributed by atoms with Crippen molar-refractivity contribution in [1.29, 1.82) is 5.26 Å². The molecule has 18 heavy (non-hydrogen) atoms. The zero-order chi connectivity index (χ0) is 13.1. The minimum atomic E-state index is -0.949. The highest BCUT2D eigenvalue weighted by Gasteiger charge is 2.05. The van der Waals surface area contributed by atoms with Gasteiger partial charge in [-0.05, 0) is 30.3 Å². The lowest BCUT2D eigenvalue weighted by atomic mass is 10.2. The number of hydrogen-bond donors (Lipinski definition) is 2. The molecule has 3 N–H and O–H groups in total. The number of nitrogens with two attached hydrogens (primary N) is 1. The zero-order valence-corrected chi connectivity index (χ0v) is 9.24. The second-order valence-corrected chi connectivity index (χ2v) is 3.67. The van der Waals surface area contributed by atoms with Crippen molar-refractivity contribution >= 4 is 17.1 Å². The van der Waals surface area contributed by atoms with E-state index in [9.17, 15) is 8.78 Å². The Labute approximate surface area is 102 Å². The van der Waals surface area contributed by atoms with Gasteiger partial charge < -0.3 is 11.1 Å². The Morgan fingerprint density at radius 3 is 2.50 bits per heavy atom. The van der Waals surface area contributed by atoms with Gasteiger partial charge in [-0.1, -0.05) is 0 Å². The van der Waals surface area contributed by atoms with Crippen molar-refractivity contribution in [3.63, 3.8) is 0 Å². The van der Waals surface area contributed by atoms with Gasteiger partial charge in [0.2, 0.25) is 0 Å². The van der Waals surface area contributed by atoms with E-state index >= 15 is 0 Å². The minimum absolute atomic E-state index is 0.357. The van der Waals surface area contributed by atoms with Crippen LogP contribution < -0.4 is 11.1 Å². The molecule has 0 unspecified atom stereocenters. The van der Waals surface area contributed by atoms with Gasteiger partial charge in [-0.2, -0.15) is 5.26 Å². The van der Waals surface area contributed by atoms with Crippen molar-refractivity contribution in [2.24, 2.45) is 0 Å². The molecule has 0 heterocycles. The highest BCUT2D eigenvalue weighted by Crippen LogP contribution is 2.25. The lowest BCUT2D eigenvalue weighted by molar-refractivity contribution is 0.509. The predicted molar refractivity (Wildman–Crippen MR) is 65.2 cm³/mol. The third-order valence-corrected chi connectivity index (χ3v) is 2.38. The number of rotatable bonds is 2. The average Bonchev–Trinajstić information content (AvgIpc) is 2.36. The van der Waals surface area contributed by atoms with Crippen molar-refractivity contribution < 1.29 is 8.78 Å². The first-order chi connectivity index (χ1) is 8.60. The fourth-order valence-electron chi connectivity index (χ4n) is 1.46. The SMILES string of the molecule is N#Cc1ccc(N)c(Nc2ccc(F)c(F)c2)c1. The van der Waals surface area contributed by atoms with E-state index in [1.807, 2.05) is 6.07 Å². The van der Waals surface area contributed by atoms with E-state index in [0.717, 1.165) is 12.1 Å². The molecule has 5 heteroatoms. The summed E-state index contributed by atoms with van der Waals surface area (Å²) in [5, 5.41) is 11.6. The summed E-state index contributed by atoms with van der Waals surface area (Å²) in [6.07, 6.45) is 0. The molecule has 3 nitrogen and oxygen atoms in total. The summed E-state index contributed by atoms with van der Waals surface area (Å²) in [6.45, 7) is 0.